The fourth-order valence-corrected chi connectivity index (χ4v) is 5.06. The van der Waals surface area contributed by atoms with E-state index in [4.69, 9.17) is 0 Å². The van der Waals surface area contributed by atoms with Crippen molar-refractivity contribution in [3.8, 4) is 28.5 Å². The van der Waals surface area contributed by atoms with E-state index in [0.717, 1.165) is 23.4 Å². The number of alkyl halides is 5. The molecule has 5 aromatic rings. The first-order valence-electron chi connectivity index (χ1n) is 13.3. The predicted octanol–water partition coefficient (Wildman–Crippen LogP) is 7.43. The minimum absolute atomic E-state index is 0.0294. The maximum atomic E-state index is 15.0. The molecule has 2 amide bonds. The molecule has 0 saturated carbocycles. The summed E-state index contributed by atoms with van der Waals surface area (Å²) in [5.74, 6) is 0.0782. The van der Waals surface area contributed by atoms with Crippen molar-refractivity contribution < 1.29 is 31.5 Å². The lowest BCUT2D eigenvalue weighted by molar-refractivity contribution is -0.274. The molecular weight excluding hydrogens is 603 g/mol. The quantitative estimate of drug-likeness (QED) is 0.143. The molecule has 2 heterocycles. The molecule has 2 atom stereocenters. The van der Waals surface area contributed by atoms with Gasteiger partial charge in [-0.05, 0) is 47.4 Å². The molecule has 3 aromatic carbocycles. The van der Waals surface area contributed by atoms with Crippen LogP contribution in [0.4, 0.5) is 26.7 Å². The average Bonchev–Trinajstić information content (AvgIpc) is 3.67. The molecule has 0 aliphatic carbocycles. The lowest BCUT2D eigenvalue weighted by atomic mass is 10.0. The number of benzene rings is 3. The van der Waals surface area contributed by atoms with Crippen LogP contribution in [0.25, 0.3) is 22.8 Å². The van der Waals surface area contributed by atoms with Gasteiger partial charge in [-0.3, -0.25) is 4.57 Å². The number of nitrogens with zero attached hydrogens (tertiary/aromatic N) is 5. The van der Waals surface area contributed by atoms with Crippen LogP contribution in [0, 0.1) is 0 Å². The van der Waals surface area contributed by atoms with Crippen LogP contribution in [0.5, 0.6) is 5.75 Å². The number of hydrogen-bond acceptors (Lipinski definition) is 5. The first-order chi connectivity index (χ1) is 21.0. The van der Waals surface area contributed by atoms with Gasteiger partial charge in [0.1, 0.15) is 12.1 Å². The summed E-state index contributed by atoms with van der Waals surface area (Å²) in [7, 11) is 0. The third kappa shape index (κ3) is 7.19. The van der Waals surface area contributed by atoms with Gasteiger partial charge in [-0.25, -0.2) is 23.2 Å². The molecule has 0 bridgehead atoms. The van der Waals surface area contributed by atoms with Gasteiger partial charge in [0.2, 0.25) is 6.30 Å². The van der Waals surface area contributed by atoms with Crippen LogP contribution in [-0.4, -0.2) is 38.0 Å². The van der Waals surface area contributed by atoms with Gasteiger partial charge in [-0.15, -0.1) is 29.6 Å². The number of hydrogen-bond donors (Lipinski definition) is 1. The Morgan fingerprint density at radius 3 is 2.39 bits per heavy atom. The monoisotopic (exact) mass is 628 g/mol. The Labute approximate surface area is 252 Å². The maximum Gasteiger partial charge on any atom is 0.573 e. The van der Waals surface area contributed by atoms with E-state index in [1.54, 1.807) is 16.1 Å². The van der Waals surface area contributed by atoms with Gasteiger partial charge in [0.05, 0.1) is 11.4 Å². The fraction of sp³-hybridized carbons (Fsp3) is 0.200. The molecule has 8 nitrogen and oxygen atoms in total. The highest BCUT2D eigenvalue weighted by atomic mass is 32.1. The molecule has 1 N–H and O–H groups in total. The Morgan fingerprint density at radius 2 is 1.70 bits per heavy atom. The summed E-state index contributed by atoms with van der Waals surface area (Å²) in [4.78, 5) is 21.0. The topological polar surface area (TPSA) is 86.3 Å². The number of aromatic nitrogens is 4. The Morgan fingerprint density at radius 1 is 1.00 bits per heavy atom. The van der Waals surface area contributed by atoms with Gasteiger partial charge < -0.3 is 10.1 Å². The second kappa shape index (κ2) is 12.8. The molecule has 2 aromatic heterocycles. The number of urea groups is 1. The van der Waals surface area contributed by atoms with E-state index in [9.17, 15) is 26.7 Å². The van der Waals surface area contributed by atoms with Crippen molar-refractivity contribution in [1.82, 2.24) is 24.6 Å². The van der Waals surface area contributed by atoms with E-state index in [-0.39, 0.29) is 23.1 Å². The second-order valence-electron chi connectivity index (χ2n) is 9.81. The highest BCUT2D eigenvalue weighted by Gasteiger charge is 2.31. The smallest absolute Gasteiger partial charge is 0.406 e. The lowest BCUT2D eigenvalue weighted by Crippen LogP contribution is -2.34. The molecule has 44 heavy (non-hydrogen) atoms. The van der Waals surface area contributed by atoms with E-state index in [1.165, 1.54) is 58.7 Å². The summed E-state index contributed by atoms with van der Waals surface area (Å²) in [5.41, 5.74) is 2.76. The van der Waals surface area contributed by atoms with E-state index in [2.05, 4.69) is 19.8 Å². The Balaban J connectivity index is 1.24. The number of halogens is 5. The largest absolute Gasteiger partial charge is 0.573 e. The highest BCUT2D eigenvalue weighted by Crippen LogP contribution is 2.27. The highest BCUT2D eigenvalue weighted by molar-refractivity contribution is 7.07. The first-order valence-corrected chi connectivity index (χ1v) is 14.1. The zero-order valence-electron chi connectivity index (χ0n) is 23.2. The van der Waals surface area contributed by atoms with Gasteiger partial charge in [0.15, 0.2) is 16.8 Å². The molecule has 14 heteroatoms. The summed E-state index contributed by atoms with van der Waals surface area (Å²) in [6.45, 7) is 4.09. The Hall–Kier alpha value is -4.85. The molecular formula is C30H25F5N6O2S. The third-order valence-electron chi connectivity index (χ3n) is 6.44. The third-order valence-corrected chi connectivity index (χ3v) is 7.19. The molecule has 0 saturated heterocycles. The molecule has 228 valence electrons. The number of thiazole rings is 1. The summed E-state index contributed by atoms with van der Waals surface area (Å²) >= 11 is 1.19. The van der Waals surface area contributed by atoms with E-state index in [1.807, 2.05) is 43.4 Å². The van der Waals surface area contributed by atoms with Gasteiger partial charge in [-0.2, -0.15) is 4.99 Å². The van der Waals surface area contributed by atoms with E-state index >= 15 is 0 Å². The van der Waals surface area contributed by atoms with E-state index < -0.39 is 24.9 Å². The average molecular weight is 629 g/mol. The van der Waals surface area contributed by atoms with Crippen LogP contribution < -0.4 is 14.9 Å². The Bertz CT molecular complexity index is 1800. The lowest BCUT2D eigenvalue weighted by Gasteiger charge is -2.15. The minimum Gasteiger partial charge on any atom is -0.406 e. The number of amides is 2. The van der Waals surface area contributed by atoms with Crippen LogP contribution >= 0.6 is 11.3 Å². The second-order valence-corrected chi connectivity index (χ2v) is 10.7. The van der Waals surface area contributed by atoms with Crippen molar-refractivity contribution in [3.05, 3.63) is 107 Å². The van der Waals surface area contributed by atoms with Gasteiger partial charge in [0.25, 0.3) is 0 Å². The van der Waals surface area contributed by atoms with Crippen LogP contribution in [0.1, 0.15) is 37.1 Å². The summed E-state index contributed by atoms with van der Waals surface area (Å²) in [6.07, 6.45) is -6.23. The molecule has 0 aliphatic rings. The van der Waals surface area contributed by atoms with E-state index in [0.29, 0.717) is 16.1 Å². The molecule has 2 unspecified atom stereocenters. The van der Waals surface area contributed by atoms with Gasteiger partial charge in [0, 0.05) is 17.1 Å². The van der Waals surface area contributed by atoms with Crippen molar-refractivity contribution in [2.24, 2.45) is 4.99 Å². The molecule has 0 fully saturated rings. The zero-order valence-corrected chi connectivity index (χ0v) is 24.1. The van der Waals surface area contributed by atoms with Crippen molar-refractivity contribution >= 4 is 17.4 Å². The van der Waals surface area contributed by atoms with Crippen LogP contribution in [0.15, 0.2) is 95.7 Å². The normalized spacial score (nSPS) is 13.6. The maximum absolute atomic E-state index is 15.0. The molecule has 0 spiro atoms. The first kappa shape index (κ1) is 30.6. The fourth-order valence-electron chi connectivity index (χ4n) is 4.35. The zero-order chi connectivity index (χ0) is 31.4. The number of carbonyl (C=O) groups is 1. The van der Waals surface area contributed by atoms with Crippen molar-refractivity contribution in [2.45, 2.75) is 38.6 Å². The molecule has 5 rings (SSSR count). The van der Waals surface area contributed by atoms with Crippen molar-refractivity contribution in [2.75, 3.05) is 0 Å². The van der Waals surface area contributed by atoms with Crippen LogP contribution in [0.3, 0.4) is 0 Å². The number of ether oxygens (including phenoxy) is 1. The van der Waals surface area contributed by atoms with Crippen LogP contribution in [-0.2, 0) is 0 Å². The number of carbonyl (C=O) groups excluding carboxylic acids is 1. The number of para-hydroxylation sites is 1. The van der Waals surface area contributed by atoms with Crippen LogP contribution in [0.2, 0.25) is 0 Å². The van der Waals surface area contributed by atoms with Crippen molar-refractivity contribution in [3.63, 3.8) is 0 Å². The summed E-state index contributed by atoms with van der Waals surface area (Å²) in [6, 6.07) is 17.3. The van der Waals surface area contributed by atoms with Gasteiger partial charge in [-0.1, -0.05) is 56.3 Å². The summed E-state index contributed by atoms with van der Waals surface area (Å²) in [5, 5.41) is 8.00. The SMILES string of the molecule is CC(C)c1ccccc1-n1ccs/c1=N\C(=O)NC(F)C(F)c1ccc(-c2ncn(-c3ccc(OC(F)(F)F)cc3)n2)cc1. The molecule has 0 aliphatic heterocycles. The Kier molecular flexibility index (Phi) is 8.90. The predicted molar refractivity (Wildman–Crippen MR) is 154 cm³/mol. The summed E-state index contributed by atoms with van der Waals surface area (Å²) < 4.78 is 73.9. The number of rotatable bonds is 8. The van der Waals surface area contributed by atoms with Gasteiger partial charge >= 0.3 is 12.4 Å². The minimum atomic E-state index is -4.80. The van der Waals surface area contributed by atoms with Crippen molar-refractivity contribution in [1.29, 1.82) is 0 Å². The standard InChI is InChI=1S/C30H25F5N6O2S/c1-18(2)23-5-3-4-6-24(23)40-15-16-44-29(40)38-28(42)37-26(32)25(31)19-7-9-20(10-8-19)27-36-17-41(39-27)21-11-13-22(14-12-21)43-30(33,34)35/h3-18,25-26H,1-2H3,(H,37,42)/b38-29-. The number of nitrogens with one attached hydrogen (secondary N) is 1. The molecule has 0 radical (unpaired) electrons.